The Hall–Kier alpha value is -1.88. The van der Waals surface area contributed by atoms with E-state index in [1.165, 1.54) is 12.8 Å². The van der Waals surface area contributed by atoms with E-state index in [9.17, 15) is 9.59 Å². The van der Waals surface area contributed by atoms with E-state index in [-0.39, 0.29) is 16.9 Å². The fourth-order valence-electron chi connectivity index (χ4n) is 3.52. The molecule has 1 aromatic rings. The van der Waals surface area contributed by atoms with E-state index in [1.54, 1.807) is 24.3 Å². The molecule has 0 aliphatic heterocycles. The molecule has 1 aromatic carbocycles. The predicted molar refractivity (Wildman–Crippen MR) is 96.7 cm³/mol. The molecule has 1 fully saturated rings. The van der Waals surface area contributed by atoms with Gasteiger partial charge >= 0.3 is 5.97 Å². The van der Waals surface area contributed by atoms with E-state index in [1.807, 2.05) is 6.92 Å². The summed E-state index contributed by atoms with van der Waals surface area (Å²) in [5.41, 5.74) is 1.45. The van der Waals surface area contributed by atoms with Crippen molar-refractivity contribution in [2.45, 2.75) is 51.9 Å². The summed E-state index contributed by atoms with van der Waals surface area (Å²) in [6.07, 6.45) is 6.85. The van der Waals surface area contributed by atoms with Crippen molar-refractivity contribution >= 4 is 11.9 Å². The van der Waals surface area contributed by atoms with Gasteiger partial charge in [-0.05, 0) is 55.7 Å². The molecule has 0 bridgehead atoms. The van der Waals surface area contributed by atoms with Crippen molar-refractivity contribution in [3.05, 3.63) is 35.4 Å². The van der Waals surface area contributed by atoms with Gasteiger partial charge in [-0.1, -0.05) is 25.0 Å². The van der Waals surface area contributed by atoms with Crippen LogP contribution in [0.3, 0.4) is 0 Å². The summed E-state index contributed by atoms with van der Waals surface area (Å²) in [6, 6.07) is 6.71. The van der Waals surface area contributed by atoms with Crippen molar-refractivity contribution in [2.24, 2.45) is 5.41 Å². The molecule has 1 amide bonds. The maximum atomic E-state index is 12.2. The molecule has 0 spiro atoms. The van der Waals surface area contributed by atoms with E-state index in [0.29, 0.717) is 12.8 Å². The largest absolute Gasteiger partial charge is 0.478 e. The third-order valence-corrected chi connectivity index (χ3v) is 5.15. The quantitative estimate of drug-likeness (QED) is 0.636. The number of hydrogen-bond acceptors (Lipinski definition) is 3. The zero-order chi connectivity index (χ0) is 18.1. The molecule has 138 valence electrons. The van der Waals surface area contributed by atoms with Gasteiger partial charge in [-0.2, -0.15) is 0 Å². The van der Waals surface area contributed by atoms with Gasteiger partial charge in [0, 0.05) is 26.2 Å². The maximum Gasteiger partial charge on any atom is 0.335 e. The standard InChI is InChI=1S/C20H29NO4/c1-2-25-14-13-20(11-3-4-12-20)15-21-18(22)10-7-16-5-8-17(9-6-16)19(23)24/h5-6,8-9H,2-4,7,10-15H2,1H3,(H,21,22)(H,23,24). The van der Waals surface area contributed by atoms with E-state index in [4.69, 9.17) is 9.84 Å². The molecule has 0 saturated heterocycles. The van der Waals surface area contributed by atoms with Crippen LogP contribution in [0.15, 0.2) is 24.3 Å². The number of aryl methyl sites for hydroxylation is 1. The van der Waals surface area contributed by atoms with Crippen LogP contribution in [0.1, 0.15) is 61.4 Å². The highest BCUT2D eigenvalue weighted by atomic mass is 16.5. The minimum atomic E-state index is -0.932. The van der Waals surface area contributed by atoms with Crippen molar-refractivity contribution in [1.29, 1.82) is 0 Å². The number of aromatic carboxylic acids is 1. The first kappa shape index (κ1) is 19.4. The summed E-state index contributed by atoms with van der Waals surface area (Å²) in [5.74, 6) is -0.872. The van der Waals surface area contributed by atoms with Gasteiger partial charge < -0.3 is 15.2 Å². The zero-order valence-corrected chi connectivity index (χ0v) is 15.1. The van der Waals surface area contributed by atoms with Crippen LogP contribution in [0.2, 0.25) is 0 Å². The SMILES string of the molecule is CCOCCC1(CNC(=O)CCc2ccc(C(=O)O)cc2)CCCC1. The Morgan fingerprint density at radius 3 is 2.48 bits per heavy atom. The van der Waals surface area contributed by atoms with Gasteiger partial charge in [-0.25, -0.2) is 4.79 Å². The van der Waals surface area contributed by atoms with Gasteiger partial charge in [-0.3, -0.25) is 4.79 Å². The highest BCUT2D eigenvalue weighted by Crippen LogP contribution is 2.40. The summed E-state index contributed by atoms with van der Waals surface area (Å²) in [5, 5.41) is 12.0. The Kier molecular flexibility index (Phi) is 7.44. The molecular formula is C20H29NO4. The molecule has 5 heteroatoms. The van der Waals surface area contributed by atoms with Gasteiger partial charge in [0.05, 0.1) is 5.56 Å². The molecule has 1 aliphatic rings. The number of carbonyl (C=O) groups is 2. The van der Waals surface area contributed by atoms with Gasteiger partial charge in [0.1, 0.15) is 0 Å². The molecule has 25 heavy (non-hydrogen) atoms. The summed E-state index contributed by atoms with van der Waals surface area (Å²) in [6.45, 7) is 4.24. The summed E-state index contributed by atoms with van der Waals surface area (Å²) in [4.78, 5) is 23.0. The third kappa shape index (κ3) is 6.16. The Bertz CT molecular complexity index is 562. The van der Waals surface area contributed by atoms with Crippen LogP contribution in [-0.4, -0.2) is 36.7 Å². The average molecular weight is 347 g/mol. The Balaban J connectivity index is 1.76. The number of carbonyl (C=O) groups excluding carboxylic acids is 1. The van der Waals surface area contributed by atoms with Crippen molar-refractivity contribution in [1.82, 2.24) is 5.32 Å². The van der Waals surface area contributed by atoms with Crippen LogP contribution < -0.4 is 5.32 Å². The first-order chi connectivity index (χ1) is 12.0. The second kappa shape index (κ2) is 9.56. The molecule has 2 N–H and O–H groups in total. The number of rotatable bonds is 10. The van der Waals surface area contributed by atoms with Crippen LogP contribution in [0.4, 0.5) is 0 Å². The van der Waals surface area contributed by atoms with Crippen LogP contribution in [0, 0.1) is 5.41 Å². The fourth-order valence-corrected chi connectivity index (χ4v) is 3.52. The highest BCUT2D eigenvalue weighted by molar-refractivity contribution is 5.87. The normalized spacial score (nSPS) is 15.9. The number of nitrogens with one attached hydrogen (secondary N) is 1. The number of ether oxygens (including phenoxy) is 1. The van der Waals surface area contributed by atoms with Crippen molar-refractivity contribution in [3.63, 3.8) is 0 Å². The first-order valence-electron chi connectivity index (χ1n) is 9.21. The van der Waals surface area contributed by atoms with Gasteiger partial charge in [0.15, 0.2) is 0 Å². The number of amides is 1. The van der Waals surface area contributed by atoms with Gasteiger partial charge in [0.25, 0.3) is 0 Å². The average Bonchev–Trinajstić information content (AvgIpc) is 3.08. The Morgan fingerprint density at radius 1 is 1.20 bits per heavy atom. The number of hydrogen-bond donors (Lipinski definition) is 2. The summed E-state index contributed by atoms with van der Waals surface area (Å²) < 4.78 is 5.50. The fraction of sp³-hybridized carbons (Fsp3) is 0.600. The molecule has 0 unspecified atom stereocenters. The smallest absolute Gasteiger partial charge is 0.335 e. The number of carboxylic acid groups (broad SMARTS) is 1. The molecule has 0 radical (unpaired) electrons. The topological polar surface area (TPSA) is 75.6 Å². The molecule has 1 saturated carbocycles. The van der Waals surface area contributed by atoms with Crippen LogP contribution >= 0.6 is 0 Å². The van der Waals surface area contributed by atoms with Crippen LogP contribution in [0.5, 0.6) is 0 Å². The maximum absolute atomic E-state index is 12.2. The molecule has 1 aliphatic carbocycles. The molecule has 5 nitrogen and oxygen atoms in total. The lowest BCUT2D eigenvalue weighted by molar-refractivity contribution is -0.121. The lowest BCUT2D eigenvalue weighted by Crippen LogP contribution is -2.36. The molecule has 0 heterocycles. The predicted octanol–water partition coefficient (Wildman–Crippen LogP) is 3.42. The zero-order valence-electron chi connectivity index (χ0n) is 15.1. The van der Waals surface area contributed by atoms with Crippen molar-refractivity contribution < 1.29 is 19.4 Å². The number of carboxylic acids is 1. The second-order valence-electron chi connectivity index (χ2n) is 6.93. The Morgan fingerprint density at radius 2 is 1.88 bits per heavy atom. The monoisotopic (exact) mass is 347 g/mol. The molecule has 2 rings (SSSR count). The first-order valence-corrected chi connectivity index (χ1v) is 9.21. The molecular weight excluding hydrogens is 318 g/mol. The highest BCUT2D eigenvalue weighted by Gasteiger charge is 2.33. The van der Waals surface area contributed by atoms with Crippen LogP contribution in [0.25, 0.3) is 0 Å². The summed E-state index contributed by atoms with van der Waals surface area (Å²) in [7, 11) is 0. The van der Waals surface area contributed by atoms with Gasteiger partial charge in [-0.15, -0.1) is 0 Å². The Labute approximate surface area is 149 Å². The van der Waals surface area contributed by atoms with E-state index in [0.717, 1.165) is 44.6 Å². The summed E-state index contributed by atoms with van der Waals surface area (Å²) >= 11 is 0. The molecule has 0 aromatic heterocycles. The number of benzene rings is 1. The van der Waals surface area contributed by atoms with Crippen molar-refractivity contribution in [2.75, 3.05) is 19.8 Å². The minimum absolute atomic E-state index is 0.0602. The third-order valence-electron chi connectivity index (χ3n) is 5.15. The van der Waals surface area contributed by atoms with E-state index in [2.05, 4.69) is 5.32 Å². The molecule has 0 atom stereocenters. The lowest BCUT2D eigenvalue weighted by Gasteiger charge is -2.29. The minimum Gasteiger partial charge on any atom is -0.478 e. The van der Waals surface area contributed by atoms with E-state index < -0.39 is 5.97 Å². The lowest BCUT2D eigenvalue weighted by atomic mass is 9.83. The van der Waals surface area contributed by atoms with Crippen molar-refractivity contribution in [3.8, 4) is 0 Å². The van der Waals surface area contributed by atoms with E-state index >= 15 is 0 Å². The second-order valence-corrected chi connectivity index (χ2v) is 6.93. The van der Waals surface area contributed by atoms with Gasteiger partial charge in [0.2, 0.25) is 5.91 Å². The van der Waals surface area contributed by atoms with Crippen LogP contribution in [-0.2, 0) is 16.0 Å².